The predicted molar refractivity (Wildman–Crippen MR) is 108 cm³/mol. The number of hydrogen-bond donors (Lipinski definition) is 1. The normalized spacial score (nSPS) is 17.8. The Morgan fingerprint density at radius 2 is 1.86 bits per heavy atom. The lowest BCUT2D eigenvalue weighted by atomic mass is 9.81. The largest absolute Gasteiger partial charge is 0.493 e. The first-order chi connectivity index (χ1) is 13.3. The van der Waals surface area contributed by atoms with E-state index < -0.39 is 6.09 Å². The monoisotopic (exact) mass is 385 g/mol. The number of aromatic nitrogens is 2. The minimum absolute atomic E-state index is 0.149. The van der Waals surface area contributed by atoms with E-state index in [4.69, 9.17) is 9.47 Å². The van der Waals surface area contributed by atoms with Crippen LogP contribution in [0, 0.1) is 5.41 Å². The van der Waals surface area contributed by atoms with Crippen molar-refractivity contribution in [3.8, 4) is 11.5 Å². The Labute approximate surface area is 165 Å². The Morgan fingerprint density at radius 3 is 2.46 bits per heavy atom. The Hall–Kier alpha value is -2.83. The van der Waals surface area contributed by atoms with Gasteiger partial charge in [-0.25, -0.2) is 14.8 Å². The highest BCUT2D eigenvalue weighted by atomic mass is 16.5. The van der Waals surface area contributed by atoms with Crippen LogP contribution in [0.25, 0.3) is 16.5 Å². The van der Waals surface area contributed by atoms with Gasteiger partial charge in [0.15, 0.2) is 11.5 Å². The summed E-state index contributed by atoms with van der Waals surface area (Å²) in [7, 11) is 3.19. The molecule has 1 amide bonds. The highest BCUT2D eigenvalue weighted by molar-refractivity contribution is 5.92. The molecule has 0 bridgehead atoms. The third-order valence-electron chi connectivity index (χ3n) is 5.24. The molecule has 1 atom stereocenters. The minimum atomic E-state index is -0.881. The Balaban J connectivity index is 2.10. The van der Waals surface area contributed by atoms with E-state index in [9.17, 15) is 9.90 Å². The molecule has 7 heteroatoms. The Kier molecular flexibility index (Phi) is 5.45. The molecule has 0 aliphatic carbocycles. The average Bonchev–Trinajstić information content (AvgIpc) is 2.89. The van der Waals surface area contributed by atoms with Crippen LogP contribution >= 0.6 is 0 Å². The zero-order valence-corrected chi connectivity index (χ0v) is 17.0. The van der Waals surface area contributed by atoms with Crippen molar-refractivity contribution >= 4 is 22.6 Å². The molecular weight excluding hydrogens is 358 g/mol. The third-order valence-corrected chi connectivity index (χ3v) is 5.24. The summed E-state index contributed by atoms with van der Waals surface area (Å²) in [5.74, 6) is 1.22. The molecule has 0 saturated heterocycles. The molecule has 0 radical (unpaired) electrons. The molecule has 1 N–H and O–H groups in total. The van der Waals surface area contributed by atoms with Crippen molar-refractivity contribution in [2.75, 3.05) is 20.8 Å². The molecule has 1 aliphatic heterocycles. The van der Waals surface area contributed by atoms with Gasteiger partial charge >= 0.3 is 6.09 Å². The van der Waals surface area contributed by atoms with Gasteiger partial charge in [0.05, 0.1) is 25.4 Å². The molecule has 150 valence electrons. The van der Waals surface area contributed by atoms with Crippen LogP contribution in [-0.2, 0) is 0 Å². The van der Waals surface area contributed by atoms with Crippen LogP contribution in [0.1, 0.15) is 39.3 Å². The summed E-state index contributed by atoms with van der Waals surface area (Å²) in [4.78, 5) is 22.3. The van der Waals surface area contributed by atoms with Gasteiger partial charge in [-0.05, 0) is 29.9 Å². The standard InChI is InChI=1S/C21H27N3O4/c1-21(2,3)18-9-13(7-6-8-24(18)20(25)26)19-14-10-16(27-4)17(28-5)11-15(14)22-12-23-19/h7,10-12,18H,6,8-9H2,1-5H3,(H,25,26). The second-order valence-corrected chi connectivity index (χ2v) is 8.03. The molecule has 1 aliphatic rings. The summed E-state index contributed by atoms with van der Waals surface area (Å²) in [5.41, 5.74) is 2.40. The maximum absolute atomic E-state index is 11.8. The number of rotatable bonds is 3. The molecule has 2 aromatic rings. The smallest absolute Gasteiger partial charge is 0.407 e. The van der Waals surface area contributed by atoms with Crippen LogP contribution in [0.5, 0.6) is 11.5 Å². The van der Waals surface area contributed by atoms with Gasteiger partial charge in [-0.3, -0.25) is 0 Å². The molecule has 0 saturated carbocycles. The molecule has 1 unspecified atom stereocenters. The summed E-state index contributed by atoms with van der Waals surface area (Å²) in [6.45, 7) is 6.69. The van der Waals surface area contributed by atoms with E-state index in [2.05, 4.69) is 36.8 Å². The van der Waals surface area contributed by atoms with Gasteiger partial charge < -0.3 is 19.5 Å². The maximum Gasteiger partial charge on any atom is 0.407 e. The second kappa shape index (κ2) is 7.66. The number of carbonyl (C=O) groups is 1. The number of benzene rings is 1. The molecule has 1 aromatic heterocycles. The molecule has 0 fully saturated rings. The van der Waals surface area contributed by atoms with Crippen LogP contribution in [0.15, 0.2) is 24.5 Å². The fourth-order valence-electron chi connectivity index (χ4n) is 3.77. The lowest BCUT2D eigenvalue weighted by Crippen LogP contribution is -2.46. The Bertz CT molecular complexity index is 918. The van der Waals surface area contributed by atoms with E-state index in [0.717, 1.165) is 22.2 Å². The molecule has 0 spiro atoms. The van der Waals surface area contributed by atoms with E-state index in [1.807, 2.05) is 12.1 Å². The van der Waals surface area contributed by atoms with E-state index in [1.165, 1.54) is 6.33 Å². The quantitative estimate of drug-likeness (QED) is 0.851. The number of hydrogen-bond acceptors (Lipinski definition) is 5. The van der Waals surface area contributed by atoms with Gasteiger partial charge in [-0.15, -0.1) is 0 Å². The van der Waals surface area contributed by atoms with Crippen LogP contribution in [0.3, 0.4) is 0 Å². The third kappa shape index (κ3) is 3.74. The number of carboxylic acid groups (broad SMARTS) is 1. The van der Waals surface area contributed by atoms with Crippen molar-refractivity contribution in [1.29, 1.82) is 0 Å². The molecule has 2 heterocycles. The number of methoxy groups -OCH3 is 2. The summed E-state index contributed by atoms with van der Waals surface area (Å²) >= 11 is 0. The minimum Gasteiger partial charge on any atom is -0.493 e. The summed E-state index contributed by atoms with van der Waals surface area (Å²) in [5, 5.41) is 10.6. The maximum atomic E-state index is 11.8. The molecular formula is C21H27N3O4. The van der Waals surface area contributed by atoms with E-state index in [0.29, 0.717) is 30.9 Å². The average molecular weight is 385 g/mol. The van der Waals surface area contributed by atoms with Gasteiger partial charge in [0.2, 0.25) is 0 Å². The van der Waals surface area contributed by atoms with Crippen LogP contribution in [0.4, 0.5) is 4.79 Å². The highest BCUT2D eigenvalue weighted by Gasteiger charge is 2.35. The van der Waals surface area contributed by atoms with Crippen LogP contribution < -0.4 is 9.47 Å². The zero-order chi connectivity index (χ0) is 20.5. The Morgan fingerprint density at radius 1 is 1.18 bits per heavy atom. The van der Waals surface area contributed by atoms with Gasteiger partial charge in [0.1, 0.15) is 6.33 Å². The van der Waals surface area contributed by atoms with E-state index in [-0.39, 0.29) is 11.5 Å². The van der Waals surface area contributed by atoms with Crippen molar-refractivity contribution in [1.82, 2.24) is 14.9 Å². The van der Waals surface area contributed by atoms with Crippen LogP contribution in [-0.4, -0.2) is 52.9 Å². The number of fused-ring (bicyclic) bond motifs is 1. The van der Waals surface area contributed by atoms with Crippen molar-refractivity contribution in [3.63, 3.8) is 0 Å². The molecule has 1 aromatic carbocycles. The fraction of sp³-hybridized carbons (Fsp3) is 0.476. The number of nitrogens with zero attached hydrogens (tertiary/aromatic N) is 3. The van der Waals surface area contributed by atoms with Gasteiger partial charge in [0.25, 0.3) is 0 Å². The lowest BCUT2D eigenvalue weighted by Gasteiger charge is -2.38. The fourth-order valence-corrected chi connectivity index (χ4v) is 3.77. The molecule has 3 rings (SSSR count). The molecule has 7 nitrogen and oxygen atoms in total. The lowest BCUT2D eigenvalue weighted by molar-refractivity contribution is 0.0870. The SMILES string of the molecule is COc1cc2ncnc(C3=CCCN(C(=O)O)C(C(C)(C)C)C3)c2cc1OC. The predicted octanol–water partition coefficient (Wildman–Crippen LogP) is 4.22. The van der Waals surface area contributed by atoms with Crippen LogP contribution in [0.2, 0.25) is 0 Å². The van der Waals surface area contributed by atoms with Gasteiger partial charge in [-0.2, -0.15) is 0 Å². The van der Waals surface area contributed by atoms with Gasteiger partial charge in [0, 0.05) is 24.0 Å². The first-order valence-corrected chi connectivity index (χ1v) is 9.32. The zero-order valence-electron chi connectivity index (χ0n) is 17.0. The summed E-state index contributed by atoms with van der Waals surface area (Å²) < 4.78 is 10.8. The summed E-state index contributed by atoms with van der Waals surface area (Å²) in [6.07, 6.45) is 3.99. The van der Waals surface area contributed by atoms with Crippen molar-refractivity contribution in [3.05, 3.63) is 30.2 Å². The number of amides is 1. The second-order valence-electron chi connectivity index (χ2n) is 8.03. The number of ether oxygens (including phenoxy) is 2. The molecule has 28 heavy (non-hydrogen) atoms. The topological polar surface area (TPSA) is 84.8 Å². The van der Waals surface area contributed by atoms with Crippen molar-refractivity contribution in [2.24, 2.45) is 5.41 Å². The first kappa shape index (κ1) is 19.9. The van der Waals surface area contributed by atoms with E-state index >= 15 is 0 Å². The highest BCUT2D eigenvalue weighted by Crippen LogP contribution is 2.38. The first-order valence-electron chi connectivity index (χ1n) is 9.32. The van der Waals surface area contributed by atoms with E-state index in [1.54, 1.807) is 19.1 Å². The van der Waals surface area contributed by atoms with Crippen molar-refractivity contribution < 1.29 is 19.4 Å². The van der Waals surface area contributed by atoms with Crippen molar-refractivity contribution in [2.45, 2.75) is 39.7 Å². The summed E-state index contributed by atoms with van der Waals surface area (Å²) in [6, 6.07) is 3.57. The van der Waals surface area contributed by atoms with Gasteiger partial charge in [-0.1, -0.05) is 26.8 Å².